The van der Waals surface area contributed by atoms with Crippen LogP contribution in [0, 0.1) is 0 Å². The first-order valence-electron chi connectivity index (χ1n) is 4.68. The molecule has 2 aromatic carbocycles. The van der Waals surface area contributed by atoms with Gasteiger partial charge in [0.15, 0.2) is 0 Å². The predicted octanol–water partition coefficient (Wildman–Crippen LogP) is 2.05. The highest BCUT2D eigenvalue weighted by molar-refractivity contribution is 7.98. The maximum Gasteiger partial charge on any atom is 0.0536 e. The fourth-order valence-corrected chi connectivity index (χ4v) is 2.65. The van der Waals surface area contributed by atoms with Gasteiger partial charge in [-0.25, -0.2) is 8.93 Å². The van der Waals surface area contributed by atoms with Gasteiger partial charge in [-0.1, -0.05) is 36.4 Å². The van der Waals surface area contributed by atoms with Crippen molar-refractivity contribution in [1.29, 1.82) is 0 Å². The Morgan fingerprint density at radius 3 is 2.53 bits per heavy atom. The van der Waals surface area contributed by atoms with Crippen LogP contribution in [-0.2, 0) is 9.71 Å². The van der Waals surface area contributed by atoms with Gasteiger partial charge in [-0.2, -0.15) is 0 Å². The number of hydrogen-bond donors (Lipinski definition) is 1. The fraction of sp³-hybridized carbons (Fsp3) is 0.0833. The molecule has 1 atom stereocenters. The zero-order valence-electron chi connectivity index (χ0n) is 8.57. The van der Waals surface area contributed by atoms with Crippen LogP contribution in [0.2, 0.25) is 0 Å². The lowest BCUT2D eigenvalue weighted by molar-refractivity contribution is 0.676. The minimum atomic E-state index is -2.37. The summed E-state index contributed by atoms with van der Waals surface area (Å²) in [6.45, 7) is 0. The maximum absolute atomic E-state index is 12.1. The van der Waals surface area contributed by atoms with Gasteiger partial charge < -0.3 is 0 Å². The van der Waals surface area contributed by atoms with E-state index in [4.69, 9.17) is 0 Å². The summed E-state index contributed by atoms with van der Waals surface area (Å²) in [5.74, 6) is 3.73. The fourth-order valence-electron chi connectivity index (χ4n) is 1.59. The summed E-state index contributed by atoms with van der Waals surface area (Å²) in [4.78, 5) is 0.767. The van der Waals surface area contributed by atoms with Crippen LogP contribution in [0.5, 0.6) is 0 Å². The molecule has 0 radical (unpaired) electrons. The summed E-state index contributed by atoms with van der Waals surface area (Å²) in [5.41, 5.74) is 0. The molecular weight excluding hydrogens is 206 g/mol. The van der Waals surface area contributed by atoms with Gasteiger partial charge in [0, 0.05) is 0 Å². The third kappa shape index (κ3) is 1.76. The molecule has 0 saturated carbocycles. The molecule has 0 spiro atoms. The van der Waals surface area contributed by atoms with Crippen LogP contribution in [0.4, 0.5) is 0 Å². The van der Waals surface area contributed by atoms with Crippen LogP contribution in [0.1, 0.15) is 0 Å². The molecule has 0 heterocycles. The molecule has 3 heteroatoms. The monoisotopic (exact) mass is 219 g/mol. The van der Waals surface area contributed by atoms with Crippen molar-refractivity contribution in [3.63, 3.8) is 0 Å². The quantitative estimate of drug-likeness (QED) is 0.770. The van der Waals surface area contributed by atoms with Crippen molar-refractivity contribution >= 4 is 26.4 Å². The highest BCUT2D eigenvalue weighted by Gasteiger charge is 2.08. The average Bonchev–Trinajstić information content (AvgIpc) is 2.28. The van der Waals surface area contributed by atoms with E-state index in [0.717, 1.165) is 15.7 Å². The van der Waals surface area contributed by atoms with Crippen molar-refractivity contribution in [2.45, 2.75) is 4.90 Å². The number of hydrogen-bond acceptors (Lipinski definition) is 1. The van der Waals surface area contributed by atoms with Gasteiger partial charge in [-0.3, -0.25) is 0 Å². The lowest BCUT2D eigenvalue weighted by Gasteiger charge is -2.10. The van der Waals surface area contributed by atoms with E-state index in [0.29, 0.717) is 0 Å². The summed E-state index contributed by atoms with van der Waals surface area (Å²) < 4.78 is 14.9. The molecule has 2 nitrogen and oxygen atoms in total. The second-order valence-corrected chi connectivity index (χ2v) is 5.56. The Balaban J connectivity index is 2.83. The van der Waals surface area contributed by atoms with E-state index in [2.05, 4.69) is 10.6 Å². The minimum absolute atomic E-state index is 0.767. The molecule has 0 aromatic heterocycles. The minimum Gasteiger partial charge on any atom is -0.248 e. The van der Waals surface area contributed by atoms with Gasteiger partial charge in [-0.15, -0.1) is 0 Å². The second kappa shape index (κ2) is 3.68. The normalized spacial score (nSPS) is 15.0. The van der Waals surface area contributed by atoms with E-state index >= 15 is 0 Å². The van der Waals surface area contributed by atoms with Crippen molar-refractivity contribution in [3.8, 4) is 0 Å². The van der Waals surface area contributed by atoms with Gasteiger partial charge in [0.05, 0.1) is 14.6 Å². The van der Waals surface area contributed by atoms with E-state index in [1.807, 2.05) is 42.5 Å². The van der Waals surface area contributed by atoms with Crippen LogP contribution in [0.3, 0.4) is 0 Å². The van der Waals surface area contributed by atoms with Crippen LogP contribution in [0.25, 0.3) is 10.8 Å². The van der Waals surface area contributed by atoms with Gasteiger partial charge in [0.2, 0.25) is 0 Å². The van der Waals surface area contributed by atoms with E-state index < -0.39 is 9.71 Å². The van der Waals surface area contributed by atoms with Crippen molar-refractivity contribution in [2.75, 3.05) is 7.05 Å². The average molecular weight is 219 g/mol. The molecule has 0 saturated heterocycles. The number of nitrogens with one attached hydrogen (secondary N) is 1. The first-order chi connectivity index (χ1) is 7.15. The molecule has 78 valence electrons. The van der Waals surface area contributed by atoms with Gasteiger partial charge in [0.25, 0.3) is 0 Å². The predicted molar refractivity (Wildman–Crippen MR) is 66.5 cm³/mol. The lowest BCUT2D eigenvalue weighted by Crippen LogP contribution is -2.18. The highest BCUT2D eigenvalue weighted by Crippen LogP contribution is 2.22. The second-order valence-electron chi connectivity index (χ2n) is 3.36. The first-order valence-corrected chi connectivity index (χ1v) is 6.41. The zero-order chi connectivity index (χ0) is 10.9. The summed E-state index contributed by atoms with van der Waals surface area (Å²) in [5, 5.41) is 2.08. The Bertz CT molecular complexity index is 582. The summed E-state index contributed by atoms with van der Waals surface area (Å²) in [7, 11) is -0.711. The van der Waals surface area contributed by atoms with Gasteiger partial charge in [0.1, 0.15) is 0 Å². The zero-order valence-corrected chi connectivity index (χ0v) is 9.38. The van der Waals surface area contributed by atoms with Crippen LogP contribution < -0.4 is 4.72 Å². The van der Waals surface area contributed by atoms with E-state index in [9.17, 15) is 4.21 Å². The topological polar surface area (TPSA) is 29.1 Å². The molecular formula is C12H13NOS. The molecule has 0 amide bonds. The van der Waals surface area contributed by atoms with Crippen LogP contribution in [-0.4, -0.2) is 17.1 Å². The third-order valence-corrected chi connectivity index (χ3v) is 4.16. The molecule has 0 bridgehead atoms. The van der Waals surface area contributed by atoms with Crippen LogP contribution in [0.15, 0.2) is 47.4 Å². The van der Waals surface area contributed by atoms with Crippen molar-refractivity contribution in [2.24, 2.45) is 0 Å². The maximum atomic E-state index is 12.1. The standard InChI is InChI=1S/C12H13NOS/c1-13-15(2,14)12-9-5-7-10-6-3-4-8-11(10)12/h3-9H,2H2,1H3,(H,13,14). The summed E-state index contributed by atoms with van der Waals surface area (Å²) >= 11 is 0. The summed E-state index contributed by atoms with van der Waals surface area (Å²) in [6, 6.07) is 13.6. The number of rotatable bonds is 2. The Morgan fingerprint density at radius 2 is 1.80 bits per heavy atom. The molecule has 2 rings (SSSR count). The van der Waals surface area contributed by atoms with Crippen molar-refractivity contribution in [3.05, 3.63) is 42.5 Å². The van der Waals surface area contributed by atoms with E-state index in [1.165, 1.54) is 0 Å². The molecule has 1 unspecified atom stereocenters. The Morgan fingerprint density at radius 1 is 1.13 bits per heavy atom. The molecule has 1 N–H and O–H groups in total. The molecule has 0 fully saturated rings. The Hall–Kier alpha value is -1.32. The van der Waals surface area contributed by atoms with Crippen molar-refractivity contribution < 1.29 is 4.21 Å². The van der Waals surface area contributed by atoms with Crippen LogP contribution >= 0.6 is 0 Å². The Kier molecular flexibility index (Phi) is 2.50. The molecule has 0 aliphatic heterocycles. The SMILES string of the molecule is C=S(=O)(NC)c1cccc2ccccc12. The third-order valence-electron chi connectivity index (χ3n) is 2.43. The first kappa shape index (κ1) is 10.2. The lowest BCUT2D eigenvalue weighted by atomic mass is 10.1. The van der Waals surface area contributed by atoms with Crippen molar-refractivity contribution in [1.82, 2.24) is 4.72 Å². The number of fused-ring (bicyclic) bond motifs is 1. The van der Waals surface area contributed by atoms with Gasteiger partial charge >= 0.3 is 0 Å². The van der Waals surface area contributed by atoms with E-state index in [-0.39, 0.29) is 0 Å². The largest absolute Gasteiger partial charge is 0.248 e. The Labute approximate surface area is 90.1 Å². The highest BCUT2D eigenvalue weighted by atomic mass is 32.2. The molecule has 0 aliphatic carbocycles. The number of benzene rings is 2. The smallest absolute Gasteiger partial charge is 0.0536 e. The van der Waals surface area contributed by atoms with E-state index in [1.54, 1.807) is 7.05 Å². The molecule has 0 aliphatic rings. The van der Waals surface area contributed by atoms with Gasteiger partial charge in [-0.05, 0) is 29.8 Å². The molecule has 2 aromatic rings. The summed E-state index contributed by atoms with van der Waals surface area (Å²) in [6.07, 6.45) is 0. The molecule has 15 heavy (non-hydrogen) atoms.